The summed E-state index contributed by atoms with van der Waals surface area (Å²) in [7, 11) is 2.87. The zero-order valence-corrected chi connectivity index (χ0v) is 6.73. The van der Waals surface area contributed by atoms with Crippen molar-refractivity contribution in [1.82, 2.24) is 0 Å². The van der Waals surface area contributed by atoms with Crippen LogP contribution in [0.25, 0.3) is 0 Å². The van der Waals surface area contributed by atoms with Crippen molar-refractivity contribution >= 4 is 10.2 Å². The molecule has 0 spiro atoms. The van der Waals surface area contributed by atoms with Crippen molar-refractivity contribution in [2.45, 2.75) is 11.8 Å². The van der Waals surface area contributed by atoms with E-state index in [0.29, 0.717) is 0 Å². The van der Waals surface area contributed by atoms with Gasteiger partial charge in [-0.3, -0.25) is 0 Å². The first kappa shape index (κ1) is 5.28. The van der Waals surface area contributed by atoms with Crippen LogP contribution in [0.1, 0.15) is 0 Å². The van der Waals surface area contributed by atoms with Crippen molar-refractivity contribution < 1.29 is 9.47 Å². The van der Waals surface area contributed by atoms with Crippen molar-refractivity contribution in [3.8, 4) is 0 Å². The molecule has 1 heterocycles. The topological polar surface area (TPSA) is 21.8 Å². The lowest BCUT2D eigenvalue weighted by molar-refractivity contribution is 0.00664. The highest BCUT2D eigenvalue weighted by Gasteiger charge is 2.42. The summed E-state index contributed by atoms with van der Waals surface area (Å²) in [5.74, 6) is -0.105. The fourth-order valence-electron chi connectivity index (χ4n) is 0.547. The molecule has 0 N–H and O–H groups in total. The van der Waals surface area contributed by atoms with Crippen molar-refractivity contribution in [3.05, 3.63) is 0 Å². The van der Waals surface area contributed by atoms with Crippen LogP contribution >= 0.6 is 0 Å². The first-order valence-electron chi connectivity index (χ1n) is 2.52. The fourth-order valence-corrected chi connectivity index (χ4v) is 1.24. The number of rotatable bonds is 2. The molecule has 0 bridgehead atoms. The third-order valence-corrected chi connectivity index (χ3v) is 2.45. The van der Waals surface area contributed by atoms with Crippen molar-refractivity contribution in [2.75, 3.05) is 13.7 Å². The Morgan fingerprint density at radius 2 is 2.57 bits per heavy atom. The van der Waals surface area contributed by atoms with Gasteiger partial charge in [-0.25, -0.2) is 0 Å². The average molecular weight is 118 g/mol. The van der Waals surface area contributed by atoms with Gasteiger partial charge in [0, 0.05) is 17.4 Å². The van der Waals surface area contributed by atoms with Crippen LogP contribution in [0.5, 0.6) is 0 Å². The van der Waals surface area contributed by atoms with Crippen LogP contribution < -0.4 is 0 Å². The van der Waals surface area contributed by atoms with E-state index in [1.807, 2.05) is 0 Å². The maximum atomic E-state index is 5.01. The minimum absolute atomic E-state index is 0.105. The molecule has 0 aromatic carbocycles. The molecular weight excluding hydrogens is 108 g/mol. The Bertz CT molecular complexity index is 64.1. The number of hydrogen-bond donors (Lipinski definition) is 0. The maximum Gasteiger partial charge on any atom is 0.188 e. The molecule has 3 heteroatoms. The van der Waals surface area contributed by atoms with Crippen molar-refractivity contribution in [1.29, 1.82) is 0 Å². The van der Waals surface area contributed by atoms with Gasteiger partial charge in [0.15, 0.2) is 5.79 Å². The highest BCUT2D eigenvalue weighted by Crippen LogP contribution is 2.30. The summed E-state index contributed by atoms with van der Waals surface area (Å²) in [6, 6.07) is 1.10. The van der Waals surface area contributed by atoms with Gasteiger partial charge in [-0.15, -0.1) is 0 Å². The minimum atomic E-state index is -0.105. The van der Waals surface area contributed by atoms with Crippen LogP contribution in [0.3, 0.4) is 0 Å². The van der Waals surface area contributed by atoms with E-state index in [2.05, 4.69) is 0 Å². The van der Waals surface area contributed by atoms with Gasteiger partial charge in [-0.2, -0.15) is 0 Å². The van der Waals surface area contributed by atoms with E-state index >= 15 is 0 Å². The molecule has 0 aromatic heterocycles. The van der Waals surface area contributed by atoms with Crippen LogP contribution in [-0.4, -0.2) is 29.7 Å². The van der Waals surface area contributed by atoms with E-state index in [4.69, 9.17) is 9.47 Å². The van der Waals surface area contributed by atoms with Gasteiger partial charge in [0.05, 0.1) is 0 Å². The number of ether oxygens (including phenoxy) is 2. The van der Waals surface area contributed by atoms with Crippen LogP contribution in [0, 0.1) is 0 Å². The Kier molecular flexibility index (Phi) is 1.19. The van der Waals surface area contributed by atoms with Gasteiger partial charge in [0.2, 0.25) is 0 Å². The zero-order chi connectivity index (χ0) is 5.33. The molecule has 7 heavy (non-hydrogen) atoms. The minimum Gasteiger partial charge on any atom is -0.351 e. The van der Waals surface area contributed by atoms with Crippen molar-refractivity contribution in [3.63, 3.8) is 0 Å². The highest BCUT2D eigenvalue weighted by atomic mass is 28.1. The molecule has 1 rings (SSSR count). The molecule has 0 saturated carbocycles. The standard InChI is InChI=1S/C4H10O2Si/c1-5-4(3-7)2-6-4/h2-3H2,1,7H3. The average Bonchev–Trinajstić information content (AvgIpc) is 2.46. The normalized spacial score (nSPS) is 39.0. The number of epoxide rings is 1. The number of hydrogen-bond acceptors (Lipinski definition) is 2. The molecule has 0 aliphatic carbocycles. The third-order valence-electron chi connectivity index (χ3n) is 1.38. The smallest absolute Gasteiger partial charge is 0.188 e. The van der Waals surface area contributed by atoms with Gasteiger partial charge in [-0.1, -0.05) is 0 Å². The quantitative estimate of drug-likeness (QED) is 0.348. The highest BCUT2D eigenvalue weighted by molar-refractivity contribution is 6.09. The SMILES string of the molecule is COC1(C[SiH3])CO1. The molecule has 1 atom stereocenters. The second-order valence-electron chi connectivity index (χ2n) is 1.76. The van der Waals surface area contributed by atoms with E-state index in [0.717, 1.165) is 12.7 Å². The third kappa shape index (κ3) is 0.847. The molecule has 1 unspecified atom stereocenters. The second kappa shape index (κ2) is 1.58. The molecule has 42 valence electrons. The second-order valence-corrected chi connectivity index (χ2v) is 2.46. The number of methoxy groups -OCH3 is 1. The predicted octanol–water partition coefficient (Wildman–Crippen LogP) is -0.857. The summed E-state index contributed by atoms with van der Waals surface area (Å²) in [5.41, 5.74) is 0. The van der Waals surface area contributed by atoms with Crippen LogP contribution in [0.4, 0.5) is 0 Å². The largest absolute Gasteiger partial charge is 0.351 e. The van der Waals surface area contributed by atoms with Gasteiger partial charge >= 0.3 is 0 Å². The summed E-state index contributed by atoms with van der Waals surface area (Å²) in [6.07, 6.45) is 0. The Morgan fingerprint density at radius 1 is 2.00 bits per heavy atom. The Hall–Kier alpha value is 0.137. The first-order chi connectivity index (χ1) is 3.33. The Balaban J connectivity index is 2.28. The van der Waals surface area contributed by atoms with E-state index < -0.39 is 0 Å². The van der Waals surface area contributed by atoms with Crippen LogP contribution in [0.2, 0.25) is 6.04 Å². The lowest BCUT2D eigenvalue weighted by Crippen LogP contribution is -2.11. The van der Waals surface area contributed by atoms with Crippen LogP contribution in [0.15, 0.2) is 0 Å². The predicted molar refractivity (Wildman–Crippen MR) is 30.4 cm³/mol. The van der Waals surface area contributed by atoms with E-state index in [-0.39, 0.29) is 5.79 Å². The van der Waals surface area contributed by atoms with E-state index in [9.17, 15) is 0 Å². The fraction of sp³-hybridized carbons (Fsp3) is 1.00. The summed E-state index contributed by atoms with van der Waals surface area (Å²) < 4.78 is 10.0. The Morgan fingerprint density at radius 3 is 2.57 bits per heavy atom. The van der Waals surface area contributed by atoms with Gasteiger partial charge < -0.3 is 9.47 Å². The van der Waals surface area contributed by atoms with Gasteiger partial charge in [-0.05, 0) is 6.04 Å². The molecule has 1 saturated heterocycles. The molecule has 1 aliphatic heterocycles. The molecule has 1 aliphatic rings. The van der Waals surface area contributed by atoms with Gasteiger partial charge in [0.1, 0.15) is 6.61 Å². The van der Waals surface area contributed by atoms with E-state index in [1.54, 1.807) is 7.11 Å². The molecule has 2 nitrogen and oxygen atoms in total. The van der Waals surface area contributed by atoms with Crippen LogP contribution in [-0.2, 0) is 9.47 Å². The Labute approximate surface area is 46.2 Å². The monoisotopic (exact) mass is 118 g/mol. The lowest BCUT2D eigenvalue weighted by atomic mass is 10.5. The summed E-state index contributed by atoms with van der Waals surface area (Å²) in [6.45, 7) is 0.812. The van der Waals surface area contributed by atoms with E-state index in [1.165, 1.54) is 10.2 Å². The molecule has 0 radical (unpaired) electrons. The lowest BCUT2D eigenvalue weighted by Gasteiger charge is -2.02. The van der Waals surface area contributed by atoms with Gasteiger partial charge in [0.25, 0.3) is 0 Å². The molecule has 1 fully saturated rings. The molecule has 0 aromatic rings. The molecular formula is C4H10O2Si. The maximum absolute atomic E-state index is 5.01. The first-order valence-corrected chi connectivity index (χ1v) is 3.93. The molecule has 0 amide bonds. The summed E-state index contributed by atoms with van der Waals surface area (Å²) in [4.78, 5) is 0. The summed E-state index contributed by atoms with van der Waals surface area (Å²) in [5, 5.41) is 0. The van der Waals surface area contributed by atoms with Crippen molar-refractivity contribution in [2.24, 2.45) is 0 Å². The summed E-state index contributed by atoms with van der Waals surface area (Å²) >= 11 is 0. The zero-order valence-electron chi connectivity index (χ0n) is 4.73.